The van der Waals surface area contributed by atoms with Gasteiger partial charge in [-0.2, -0.15) is 0 Å². The van der Waals surface area contributed by atoms with Crippen molar-refractivity contribution in [3.63, 3.8) is 0 Å². The number of hydrogen-bond acceptors (Lipinski definition) is 4. The SMILES string of the molecule is C/C=C1\C(=O)N(c2ccc(OC)cc2)C1C1SCCS1. The van der Waals surface area contributed by atoms with Gasteiger partial charge in [-0.3, -0.25) is 9.69 Å². The second-order valence-electron chi connectivity index (χ2n) is 4.67. The molecule has 1 amide bonds. The fourth-order valence-electron chi connectivity index (χ4n) is 2.61. The molecule has 1 aromatic carbocycles. The fourth-order valence-corrected chi connectivity index (χ4v) is 5.70. The van der Waals surface area contributed by atoms with E-state index in [-0.39, 0.29) is 11.9 Å². The highest BCUT2D eigenvalue weighted by atomic mass is 32.2. The van der Waals surface area contributed by atoms with E-state index in [9.17, 15) is 4.79 Å². The molecule has 0 radical (unpaired) electrons. The second kappa shape index (κ2) is 5.74. The van der Waals surface area contributed by atoms with E-state index in [0.717, 1.165) is 17.0 Å². The normalized spacial score (nSPS) is 25.1. The number of ether oxygens (including phenoxy) is 1. The van der Waals surface area contributed by atoms with E-state index in [1.807, 2.05) is 65.7 Å². The van der Waals surface area contributed by atoms with Gasteiger partial charge in [0.1, 0.15) is 5.75 Å². The minimum atomic E-state index is 0.135. The Balaban J connectivity index is 1.87. The molecule has 3 nitrogen and oxygen atoms in total. The molecule has 1 aromatic rings. The largest absolute Gasteiger partial charge is 0.497 e. The van der Waals surface area contributed by atoms with Crippen LogP contribution in [-0.2, 0) is 4.79 Å². The van der Waals surface area contributed by atoms with Crippen LogP contribution in [0.2, 0.25) is 0 Å². The summed E-state index contributed by atoms with van der Waals surface area (Å²) in [4.78, 5) is 14.2. The van der Waals surface area contributed by atoms with Gasteiger partial charge in [0.2, 0.25) is 0 Å². The van der Waals surface area contributed by atoms with Gasteiger partial charge in [-0.25, -0.2) is 0 Å². The van der Waals surface area contributed by atoms with Crippen molar-refractivity contribution < 1.29 is 9.53 Å². The van der Waals surface area contributed by atoms with Gasteiger partial charge in [-0.05, 0) is 31.2 Å². The maximum atomic E-state index is 12.3. The van der Waals surface area contributed by atoms with Gasteiger partial charge in [0.15, 0.2) is 0 Å². The van der Waals surface area contributed by atoms with Gasteiger partial charge >= 0.3 is 0 Å². The lowest BCUT2D eigenvalue weighted by Gasteiger charge is -2.45. The van der Waals surface area contributed by atoms with Gasteiger partial charge in [-0.1, -0.05) is 6.08 Å². The summed E-state index contributed by atoms with van der Waals surface area (Å²) >= 11 is 3.91. The minimum Gasteiger partial charge on any atom is -0.497 e. The lowest BCUT2D eigenvalue weighted by Crippen LogP contribution is -2.59. The van der Waals surface area contributed by atoms with Crippen LogP contribution in [0.25, 0.3) is 0 Å². The molecule has 0 N–H and O–H groups in total. The first-order valence-corrected chi connectivity index (χ1v) is 8.73. The van der Waals surface area contributed by atoms with E-state index in [1.54, 1.807) is 7.11 Å². The Morgan fingerprint density at radius 2 is 1.90 bits per heavy atom. The average Bonchev–Trinajstić information content (AvgIpc) is 2.99. The Kier molecular flexibility index (Phi) is 3.98. The third-order valence-corrected chi connectivity index (χ3v) is 6.76. The first-order chi connectivity index (χ1) is 9.76. The van der Waals surface area contributed by atoms with Crippen molar-refractivity contribution in [2.24, 2.45) is 0 Å². The minimum absolute atomic E-state index is 0.135. The predicted molar refractivity (Wildman–Crippen MR) is 86.7 cm³/mol. The molecule has 5 heteroatoms. The molecule has 0 saturated carbocycles. The van der Waals surface area contributed by atoms with Crippen LogP contribution in [0.15, 0.2) is 35.9 Å². The van der Waals surface area contributed by atoms with E-state index >= 15 is 0 Å². The first-order valence-electron chi connectivity index (χ1n) is 6.63. The molecule has 1 unspecified atom stereocenters. The molecule has 0 aromatic heterocycles. The zero-order valence-electron chi connectivity index (χ0n) is 11.5. The topological polar surface area (TPSA) is 29.5 Å². The Hall–Kier alpha value is -1.07. The van der Waals surface area contributed by atoms with Crippen molar-refractivity contribution in [1.82, 2.24) is 0 Å². The molecular formula is C15H17NO2S2. The molecule has 1 atom stereocenters. The summed E-state index contributed by atoms with van der Waals surface area (Å²) in [7, 11) is 1.65. The fraction of sp³-hybridized carbons (Fsp3) is 0.400. The van der Waals surface area contributed by atoms with E-state index in [4.69, 9.17) is 4.74 Å². The van der Waals surface area contributed by atoms with Crippen LogP contribution in [0.1, 0.15) is 6.92 Å². The monoisotopic (exact) mass is 307 g/mol. The van der Waals surface area contributed by atoms with Crippen LogP contribution in [0.5, 0.6) is 5.75 Å². The maximum Gasteiger partial charge on any atom is 0.256 e. The van der Waals surface area contributed by atoms with Crippen molar-refractivity contribution >= 4 is 35.1 Å². The van der Waals surface area contributed by atoms with Crippen molar-refractivity contribution in [1.29, 1.82) is 0 Å². The zero-order chi connectivity index (χ0) is 14.1. The number of anilines is 1. The first kappa shape index (κ1) is 13.9. The highest BCUT2D eigenvalue weighted by molar-refractivity contribution is 8.20. The van der Waals surface area contributed by atoms with Gasteiger partial charge in [0, 0.05) is 22.8 Å². The number of thioether (sulfide) groups is 2. The quantitative estimate of drug-likeness (QED) is 0.634. The molecule has 0 spiro atoms. The van der Waals surface area contributed by atoms with Crippen molar-refractivity contribution in [2.45, 2.75) is 17.5 Å². The summed E-state index contributed by atoms with van der Waals surface area (Å²) in [5, 5.41) is 0. The molecule has 106 valence electrons. The van der Waals surface area contributed by atoms with Gasteiger partial charge in [0.05, 0.1) is 17.7 Å². The smallest absolute Gasteiger partial charge is 0.256 e. The number of allylic oxidation sites excluding steroid dienone is 1. The molecule has 2 fully saturated rings. The molecule has 2 aliphatic rings. The lowest BCUT2D eigenvalue weighted by molar-refractivity contribution is -0.118. The number of rotatable bonds is 3. The van der Waals surface area contributed by atoms with Crippen LogP contribution in [-0.4, -0.2) is 35.1 Å². The third kappa shape index (κ3) is 2.23. The molecule has 0 aliphatic carbocycles. The zero-order valence-corrected chi connectivity index (χ0v) is 13.2. The number of carbonyl (C=O) groups is 1. The van der Waals surface area contributed by atoms with Crippen molar-refractivity contribution in [3.05, 3.63) is 35.9 Å². The van der Waals surface area contributed by atoms with E-state index in [2.05, 4.69) is 0 Å². The Labute approximate surface area is 127 Å². The number of nitrogens with zero attached hydrogens (tertiary/aromatic N) is 1. The number of amides is 1. The molecule has 2 heterocycles. The van der Waals surface area contributed by atoms with E-state index in [0.29, 0.717) is 4.58 Å². The number of carbonyl (C=O) groups excluding carboxylic acids is 1. The summed E-state index contributed by atoms with van der Waals surface area (Å²) in [6, 6.07) is 7.93. The number of β-lactam (4-membered cyclic amide) rings is 1. The second-order valence-corrected chi connectivity index (χ2v) is 7.47. The van der Waals surface area contributed by atoms with Gasteiger partial charge in [-0.15, -0.1) is 23.5 Å². The molecule has 2 aliphatic heterocycles. The standard InChI is InChI=1S/C15H17NO2S2/c1-3-12-13(15-19-8-9-20-15)16(14(12)17)10-4-6-11(18-2)7-5-10/h3-7,13,15H,8-9H2,1-2H3/b12-3-. The Bertz CT molecular complexity index is 535. The van der Waals surface area contributed by atoms with Crippen molar-refractivity contribution in [2.75, 3.05) is 23.5 Å². The Morgan fingerprint density at radius 1 is 1.25 bits per heavy atom. The van der Waals surface area contributed by atoms with Crippen molar-refractivity contribution in [3.8, 4) is 5.75 Å². The number of benzene rings is 1. The van der Waals surface area contributed by atoms with Crippen LogP contribution in [0.4, 0.5) is 5.69 Å². The molecule has 0 bridgehead atoms. The highest BCUT2D eigenvalue weighted by Gasteiger charge is 2.48. The Morgan fingerprint density at radius 3 is 2.45 bits per heavy atom. The number of methoxy groups -OCH3 is 1. The van der Waals surface area contributed by atoms with Crippen LogP contribution >= 0.6 is 23.5 Å². The summed E-state index contributed by atoms with van der Waals surface area (Å²) < 4.78 is 5.63. The summed E-state index contributed by atoms with van der Waals surface area (Å²) in [6.45, 7) is 1.95. The van der Waals surface area contributed by atoms with Gasteiger partial charge < -0.3 is 4.74 Å². The number of hydrogen-bond donors (Lipinski definition) is 0. The summed E-state index contributed by atoms with van der Waals surface area (Å²) in [6.07, 6.45) is 1.96. The van der Waals surface area contributed by atoms with E-state index in [1.165, 1.54) is 11.5 Å². The maximum absolute atomic E-state index is 12.3. The summed E-state index contributed by atoms with van der Waals surface area (Å²) in [5.41, 5.74) is 1.91. The van der Waals surface area contributed by atoms with E-state index < -0.39 is 0 Å². The highest BCUT2D eigenvalue weighted by Crippen LogP contribution is 2.45. The third-order valence-electron chi connectivity index (χ3n) is 3.63. The molecule has 3 rings (SSSR count). The lowest BCUT2D eigenvalue weighted by atomic mass is 9.94. The van der Waals surface area contributed by atoms with Crippen LogP contribution < -0.4 is 9.64 Å². The van der Waals surface area contributed by atoms with Crippen LogP contribution in [0.3, 0.4) is 0 Å². The summed E-state index contributed by atoms with van der Waals surface area (Å²) in [5.74, 6) is 3.30. The molecular weight excluding hydrogens is 290 g/mol. The molecule has 20 heavy (non-hydrogen) atoms. The average molecular weight is 307 g/mol. The van der Waals surface area contributed by atoms with Crippen LogP contribution in [0, 0.1) is 0 Å². The molecule has 2 saturated heterocycles. The van der Waals surface area contributed by atoms with Gasteiger partial charge in [0.25, 0.3) is 5.91 Å². The predicted octanol–water partition coefficient (Wildman–Crippen LogP) is 3.16.